The second-order valence-corrected chi connectivity index (χ2v) is 9.17. The molecular formula is C16H23NO2S2Sn. The quantitative estimate of drug-likeness (QED) is 0.380. The van der Waals surface area contributed by atoms with E-state index >= 15 is 0 Å². The van der Waals surface area contributed by atoms with E-state index in [2.05, 4.69) is 67.0 Å². The number of thiocarbonyl (C=S) groups is 2. The van der Waals surface area contributed by atoms with Crippen LogP contribution in [0.3, 0.4) is 0 Å². The molecule has 1 rings (SSSR count). The van der Waals surface area contributed by atoms with Gasteiger partial charge in [0.25, 0.3) is 0 Å². The van der Waals surface area contributed by atoms with Crippen LogP contribution in [0.15, 0.2) is 30.3 Å². The molecule has 1 atom stereocenters. The predicted molar refractivity (Wildman–Crippen MR) is 104 cm³/mol. The van der Waals surface area contributed by atoms with Crippen LogP contribution in [-0.2, 0) is 9.59 Å². The summed E-state index contributed by atoms with van der Waals surface area (Å²) in [5, 5.41) is 5.36. The van der Waals surface area contributed by atoms with E-state index in [4.69, 9.17) is 9.59 Å². The van der Waals surface area contributed by atoms with Crippen LogP contribution >= 0.6 is 24.4 Å². The van der Waals surface area contributed by atoms with E-state index < -0.39 is 0 Å². The van der Waals surface area contributed by atoms with E-state index in [-0.39, 0.29) is 21.1 Å². The third-order valence-corrected chi connectivity index (χ3v) is 6.35. The van der Waals surface area contributed by atoms with Crippen molar-refractivity contribution in [2.75, 3.05) is 13.6 Å². The zero-order chi connectivity index (χ0) is 17.1. The Morgan fingerprint density at radius 1 is 1.14 bits per heavy atom. The van der Waals surface area contributed by atoms with Crippen molar-refractivity contribution in [3.63, 3.8) is 0 Å². The fourth-order valence-corrected chi connectivity index (χ4v) is 4.50. The van der Waals surface area contributed by atoms with Crippen molar-refractivity contribution in [3.05, 3.63) is 35.9 Å². The summed E-state index contributed by atoms with van der Waals surface area (Å²) in [5.41, 5.74) is 1.51. The summed E-state index contributed by atoms with van der Waals surface area (Å²) < 4.78 is 2.92. The van der Waals surface area contributed by atoms with Gasteiger partial charge in [-0.2, -0.15) is 0 Å². The minimum absolute atomic E-state index is 0.0876. The first-order valence-electron chi connectivity index (χ1n) is 6.89. The van der Waals surface area contributed by atoms with E-state index in [0.717, 1.165) is 23.2 Å². The maximum absolute atomic E-state index is 9.01. The van der Waals surface area contributed by atoms with Crippen molar-refractivity contribution >= 4 is 68.9 Å². The molecule has 0 aromatic heterocycles. The summed E-state index contributed by atoms with van der Waals surface area (Å²) >= 11 is 8.03. The van der Waals surface area contributed by atoms with E-state index in [1.54, 1.807) is 0 Å². The van der Waals surface area contributed by atoms with Crippen molar-refractivity contribution < 1.29 is 9.59 Å². The molecule has 0 saturated carbocycles. The van der Waals surface area contributed by atoms with E-state index in [9.17, 15) is 0 Å². The van der Waals surface area contributed by atoms with Crippen LogP contribution in [0.25, 0.3) is 0 Å². The molecule has 0 aliphatic heterocycles. The fraction of sp³-hybridized carbons (Fsp3) is 0.375. The molecule has 0 aliphatic carbocycles. The maximum atomic E-state index is 9.01. The Labute approximate surface area is 154 Å². The van der Waals surface area contributed by atoms with Crippen LogP contribution < -0.4 is 5.32 Å². The zero-order valence-corrected chi connectivity index (χ0v) is 17.5. The molecule has 1 unspecified atom stereocenters. The number of benzene rings is 1. The molecule has 6 heteroatoms. The first kappa shape index (κ1) is 23.8. The second kappa shape index (κ2) is 20.5. The Morgan fingerprint density at radius 3 is 2.00 bits per heavy atom. The summed E-state index contributed by atoms with van der Waals surface area (Å²) in [6.45, 7) is 3.46. The Bertz CT molecular complexity index is 378. The SMILES string of the molecule is C[CH2][Sn][CH2]C(CNC)c1ccccc1.O=CC=S.O=CC=S. The van der Waals surface area contributed by atoms with E-state index in [1.807, 2.05) is 7.05 Å². The molecule has 2 radical (unpaired) electrons. The normalized spacial score (nSPS) is 9.91. The van der Waals surface area contributed by atoms with Gasteiger partial charge in [0, 0.05) is 10.7 Å². The molecule has 1 aromatic carbocycles. The Kier molecular flexibility index (Phi) is 22.1. The van der Waals surface area contributed by atoms with Crippen molar-refractivity contribution in [2.24, 2.45) is 0 Å². The maximum Gasteiger partial charge on any atom is 0.153 e. The van der Waals surface area contributed by atoms with Crippen molar-refractivity contribution in [1.29, 1.82) is 0 Å². The molecular weight excluding hydrogens is 421 g/mol. The van der Waals surface area contributed by atoms with Gasteiger partial charge < -0.3 is 0 Å². The molecule has 120 valence electrons. The molecule has 0 fully saturated rings. The molecule has 0 aliphatic rings. The summed E-state index contributed by atoms with van der Waals surface area (Å²) in [4.78, 5) is 18.0. The van der Waals surface area contributed by atoms with Crippen LogP contribution in [0, 0.1) is 0 Å². The zero-order valence-electron chi connectivity index (χ0n) is 13.0. The van der Waals surface area contributed by atoms with Gasteiger partial charge in [0.1, 0.15) is 0 Å². The number of hydrogen-bond acceptors (Lipinski definition) is 5. The van der Waals surface area contributed by atoms with Crippen LogP contribution in [0.4, 0.5) is 0 Å². The van der Waals surface area contributed by atoms with Gasteiger partial charge in [0.2, 0.25) is 0 Å². The summed E-state index contributed by atoms with van der Waals surface area (Å²) in [6, 6.07) is 10.9. The van der Waals surface area contributed by atoms with E-state index in [1.165, 1.54) is 14.4 Å². The Balaban J connectivity index is 0. The number of aldehydes is 2. The topological polar surface area (TPSA) is 46.2 Å². The molecule has 1 aromatic rings. The smallest absolute Gasteiger partial charge is 0.153 e. The Hall–Kier alpha value is -0.501. The summed E-state index contributed by atoms with van der Waals surface area (Å²) in [5.74, 6) is 0.757. The predicted octanol–water partition coefficient (Wildman–Crippen LogP) is 2.92. The van der Waals surface area contributed by atoms with Crippen LogP contribution in [0.2, 0.25) is 8.87 Å². The van der Waals surface area contributed by atoms with Crippen LogP contribution in [0.1, 0.15) is 18.4 Å². The average Bonchev–Trinajstić information content (AvgIpc) is 2.59. The summed E-state index contributed by atoms with van der Waals surface area (Å²) in [6.07, 6.45) is 1.13. The van der Waals surface area contributed by atoms with Crippen molar-refractivity contribution in [1.82, 2.24) is 5.32 Å². The monoisotopic (exact) mass is 445 g/mol. The molecule has 0 bridgehead atoms. The third-order valence-electron chi connectivity index (χ3n) is 2.47. The standard InChI is InChI=1S/C10H14N.2C2H2OS.C2H5.Sn/c1-9(8-11-2)10-6-4-3-5-7-10;2*3-1-2-4;1-2;/h3-7,9,11H,1,8H2,2H3;2*1-2H;1H2,2H3;. The number of rotatable bonds is 8. The average molecular weight is 444 g/mol. The molecule has 3 nitrogen and oxygen atoms in total. The third kappa shape index (κ3) is 15.9. The van der Waals surface area contributed by atoms with Gasteiger partial charge in [-0.15, -0.1) is 0 Å². The van der Waals surface area contributed by atoms with Gasteiger partial charge in [-0.05, 0) is 0 Å². The van der Waals surface area contributed by atoms with Gasteiger partial charge in [-0.25, -0.2) is 0 Å². The van der Waals surface area contributed by atoms with Crippen molar-refractivity contribution in [2.45, 2.75) is 21.7 Å². The van der Waals surface area contributed by atoms with Gasteiger partial charge in [0.15, 0.2) is 12.6 Å². The molecule has 22 heavy (non-hydrogen) atoms. The number of carbonyl (C=O) groups is 2. The van der Waals surface area contributed by atoms with Gasteiger partial charge >= 0.3 is 97.7 Å². The largest absolute Gasteiger partial charge is 0.298 e. The summed E-state index contributed by atoms with van der Waals surface area (Å²) in [7, 11) is 2.05. The van der Waals surface area contributed by atoms with Gasteiger partial charge in [-0.3, -0.25) is 9.59 Å². The minimum atomic E-state index is -0.0876. The number of carbonyl (C=O) groups excluding carboxylic acids is 2. The second-order valence-electron chi connectivity index (χ2n) is 4.02. The number of nitrogens with one attached hydrogen (secondary N) is 1. The van der Waals surface area contributed by atoms with Crippen LogP contribution in [0.5, 0.6) is 0 Å². The van der Waals surface area contributed by atoms with Gasteiger partial charge in [0.05, 0.1) is 0 Å². The fourth-order valence-electron chi connectivity index (χ4n) is 1.60. The number of hydrogen-bond donors (Lipinski definition) is 1. The molecule has 1 N–H and O–H groups in total. The van der Waals surface area contributed by atoms with Gasteiger partial charge in [-0.1, -0.05) is 24.4 Å². The Morgan fingerprint density at radius 2 is 1.64 bits per heavy atom. The first-order chi connectivity index (χ1) is 10.7. The van der Waals surface area contributed by atoms with E-state index in [0.29, 0.717) is 12.6 Å². The molecule has 0 spiro atoms. The first-order valence-corrected chi connectivity index (χ1v) is 11.9. The molecule has 0 saturated heterocycles. The molecule has 0 heterocycles. The molecule has 0 amide bonds. The van der Waals surface area contributed by atoms with Crippen LogP contribution in [-0.4, -0.2) is 58.0 Å². The van der Waals surface area contributed by atoms with Crippen molar-refractivity contribution in [3.8, 4) is 0 Å². The number of likely N-dealkylation sites (N-methyl/N-ethyl adjacent to an activating group) is 1. The minimum Gasteiger partial charge on any atom is -0.298 e.